The van der Waals surface area contributed by atoms with Crippen molar-refractivity contribution in [2.75, 3.05) is 0 Å². The van der Waals surface area contributed by atoms with Crippen molar-refractivity contribution in [2.24, 2.45) is 0 Å². The second-order valence-corrected chi connectivity index (χ2v) is 5.86. The smallest absolute Gasteiger partial charge is 0.237 e. The molecule has 2 aromatic heterocycles. The molecule has 4 aromatic rings. The lowest BCUT2D eigenvalue weighted by atomic mass is 10.2. The summed E-state index contributed by atoms with van der Waals surface area (Å²) in [6, 6.07) is 21.0. The van der Waals surface area contributed by atoms with Gasteiger partial charge in [0.1, 0.15) is 5.75 Å². The molecule has 0 radical (unpaired) electrons. The first-order chi connectivity index (χ1) is 12.3. The Balaban J connectivity index is 1.64. The maximum atomic E-state index is 5.99. The number of aromatic nitrogens is 3. The minimum absolute atomic E-state index is 0.474. The molecule has 0 aliphatic rings. The summed E-state index contributed by atoms with van der Waals surface area (Å²) in [7, 11) is 0. The largest absolute Gasteiger partial charge is 0.438 e. The highest BCUT2D eigenvalue weighted by Crippen LogP contribution is 2.23. The molecule has 0 fully saturated rings. The van der Waals surface area contributed by atoms with Crippen molar-refractivity contribution >= 4 is 29.4 Å². The van der Waals surface area contributed by atoms with E-state index < -0.39 is 0 Å². The fourth-order valence-electron chi connectivity index (χ4n) is 2.44. The monoisotopic (exact) mass is 347 g/mol. The first kappa shape index (κ1) is 15.4. The Morgan fingerprint density at radius 1 is 0.920 bits per heavy atom. The van der Waals surface area contributed by atoms with E-state index in [-0.39, 0.29) is 0 Å². The van der Waals surface area contributed by atoms with Crippen LogP contribution in [0.3, 0.4) is 0 Å². The van der Waals surface area contributed by atoms with Crippen LogP contribution in [-0.2, 0) is 0 Å². The Labute approximate surface area is 150 Å². The van der Waals surface area contributed by atoms with Crippen molar-refractivity contribution in [1.29, 1.82) is 0 Å². The number of benzene rings is 2. The van der Waals surface area contributed by atoms with E-state index in [4.69, 9.17) is 16.3 Å². The summed E-state index contributed by atoms with van der Waals surface area (Å²) < 4.78 is 7.54. The van der Waals surface area contributed by atoms with Crippen LogP contribution in [0.1, 0.15) is 11.3 Å². The van der Waals surface area contributed by atoms with Gasteiger partial charge in [-0.15, -0.1) is 5.10 Å². The van der Waals surface area contributed by atoms with Crippen molar-refractivity contribution in [3.63, 3.8) is 0 Å². The van der Waals surface area contributed by atoms with Crippen LogP contribution in [0.5, 0.6) is 11.6 Å². The van der Waals surface area contributed by atoms with Crippen LogP contribution in [0.15, 0.2) is 72.9 Å². The quantitative estimate of drug-likeness (QED) is 0.500. The Morgan fingerprint density at radius 2 is 1.80 bits per heavy atom. The van der Waals surface area contributed by atoms with Crippen LogP contribution >= 0.6 is 11.6 Å². The van der Waals surface area contributed by atoms with Gasteiger partial charge in [0.25, 0.3) is 0 Å². The second kappa shape index (κ2) is 6.79. The summed E-state index contributed by atoms with van der Waals surface area (Å²) in [6.45, 7) is 0. The minimum Gasteiger partial charge on any atom is -0.438 e. The molecule has 0 aliphatic heterocycles. The van der Waals surface area contributed by atoms with E-state index in [9.17, 15) is 0 Å². The normalized spacial score (nSPS) is 11.2. The highest BCUT2D eigenvalue weighted by atomic mass is 35.5. The molecule has 0 atom stereocenters. The van der Waals surface area contributed by atoms with Crippen LogP contribution in [-0.4, -0.2) is 14.6 Å². The molecule has 5 heteroatoms. The lowest BCUT2D eigenvalue weighted by Gasteiger charge is -2.05. The molecule has 0 bridgehead atoms. The van der Waals surface area contributed by atoms with E-state index in [1.165, 1.54) is 0 Å². The number of ether oxygens (including phenoxy) is 1. The third kappa shape index (κ3) is 3.54. The number of imidazole rings is 1. The molecule has 0 unspecified atom stereocenters. The van der Waals surface area contributed by atoms with Crippen LogP contribution in [0, 0.1) is 0 Å². The number of fused-ring (bicyclic) bond motifs is 1. The minimum atomic E-state index is 0.474. The molecule has 0 saturated heterocycles. The van der Waals surface area contributed by atoms with Gasteiger partial charge in [-0.1, -0.05) is 54.1 Å². The fourth-order valence-corrected chi connectivity index (χ4v) is 2.62. The molecule has 0 aliphatic carbocycles. The van der Waals surface area contributed by atoms with Gasteiger partial charge < -0.3 is 4.74 Å². The van der Waals surface area contributed by atoms with Crippen molar-refractivity contribution in [3.8, 4) is 11.6 Å². The summed E-state index contributed by atoms with van der Waals surface area (Å²) in [4.78, 5) is 4.37. The molecular formula is C20H14ClN3O. The number of rotatable bonds is 4. The van der Waals surface area contributed by atoms with Crippen molar-refractivity contribution in [3.05, 3.63) is 89.2 Å². The van der Waals surface area contributed by atoms with Gasteiger partial charge in [0, 0.05) is 11.1 Å². The topological polar surface area (TPSA) is 39.4 Å². The second-order valence-electron chi connectivity index (χ2n) is 5.43. The molecule has 2 heterocycles. The summed E-state index contributed by atoms with van der Waals surface area (Å²) in [5.74, 6) is 1.11. The molecular weight excluding hydrogens is 334 g/mol. The fraction of sp³-hybridized carbons (Fsp3) is 0. The third-order valence-corrected chi connectivity index (χ3v) is 3.86. The van der Waals surface area contributed by atoms with Crippen LogP contribution in [0.4, 0.5) is 0 Å². The number of hydrogen-bond donors (Lipinski definition) is 0. The third-order valence-electron chi connectivity index (χ3n) is 3.63. The van der Waals surface area contributed by atoms with Gasteiger partial charge in [0.15, 0.2) is 5.65 Å². The average molecular weight is 348 g/mol. The van der Waals surface area contributed by atoms with E-state index in [1.54, 1.807) is 28.9 Å². The first-order valence-corrected chi connectivity index (χ1v) is 8.17. The van der Waals surface area contributed by atoms with Crippen molar-refractivity contribution in [2.45, 2.75) is 0 Å². The van der Waals surface area contributed by atoms with E-state index in [1.807, 2.05) is 60.7 Å². The van der Waals surface area contributed by atoms with E-state index in [0.29, 0.717) is 16.7 Å². The maximum absolute atomic E-state index is 5.99. The zero-order valence-corrected chi connectivity index (χ0v) is 14.0. The number of nitrogens with zero attached hydrogens (tertiary/aromatic N) is 3. The van der Waals surface area contributed by atoms with E-state index in [0.717, 1.165) is 16.9 Å². The number of halogens is 1. The summed E-state index contributed by atoms with van der Waals surface area (Å²) in [5.41, 5.74) is 2.74. The molecule has 0 amide bonds. The zero-order valence-electron chi connectivity index (χ0n) is 13.2. The van der Waals surface area contributed by atoms with Gasteiger partial charge in [-0.05, 0) is 35.9 Å². The van der Waals surface area contributed by atoms with Gasteiger partial charge in [-0.2, -0.15) is 0 Å². The molecule has 122 valence electrons. The van der Waals surface area contributed by atoms with Gasteiger partial charge >= 0.3 is 0 Å². The van der Waals surface area contributed by atoms with E-state index in [2.05, 4.69) is 10.1 Å². The van der Waals surface area contributed by atoms with Crippen molar-refractivity contribution < 1.29 is 4.74 Å². The predicted molar refractivity (Wildman–Crippen MR) is 99.9 cm³/mol. The van der Waals surface area contributed by atoms with Crippen molar-refractivity contribution in [1.82, 2.24) is 14.6 Å². The van der Waals surface area contributed by atoms with Crippen LogP contribution in [0.25, 0.3) is 17.8 Å². The molecule has 0 saturated carbocycles. The van der Waals surface area contributed by atoms with Crippen LogP contribution < -0.4 is 4.74 Å². The molecule has 25 heavy (non-hydrogen) atoms. The highest BCUT2D eigenvalue weighted by Gasteiger charge is 2.05. The zero-order chi connectivity index (χ0) is 17.1. The molecule has 4 rings (SSSR count). The maximum Gasteiger partial charge on any atom is 0.237 e. The molecule has 0 spiro atoms. The summed E-state index contributed by atoms with van der Waals surface area (Å²) in [5, 5.41) is 5.13. The summed E-state index contributed by atoms with van der Waals surface area (Å²) >= 11 is 5.99. The highest BCUT2D eigenvalue weighted by molar-refractivity contribution is 6.30. The Morgan fingerprint density at radius 3 is 2.64 bits per heavy atom. The molecule has 4 nitrogen and oxygen atoms in total. The number of hydrogen-bond acceptors (Lipinski definition) is 3. The molecule has 0 N–H and O–H groups in total. The van der Waals surface area contributed by atoms with E-state index >= 15 is 0 Å². The average Bonchev–Trinajstić information content (AvgIpc) is 3.03. The Bertz CT molecular complexity index is 1040. The van der Waals surface area contributed by atoms with Crippen LogP contribution in [0.2, 0.25) is 5.02 Å². The predicted octanol–water partition coefficient (Wildman–Crippen LogP) is 5.35. The standard InChI is InChI=1S/C20H14ClN3O/c21-16-7-4-8-18(13-16)25-20-12-11-19-22-14-17(24(19)23-20)10-9-15-5-2-1-3-6-15/h1-14H. The van der Waals surface area contributed by atoms with Gasteiger partial charge in [-0.3, -0.25) is 0 Å². The summed E-state index contributed by atoms with van der Waals surface area (Å²) in [6.07, 6.45) is 5.78. The first-order valence-electron chi connectivity index (χ1n) is 7.79. The lowest BCUT2D eigenvalue weighted by molar-refractivity contribution is 0.452. The SMILES string of the molecule is Clc1cccc(Oc2ccc3ncc(C=Cc4ccccc4)n3n2)c1. The van der Waals surface area contributed by atoms with Gasteiger partial charge in [0.05, 0.1) is 11.9 Å². The van der Waals surface area contributed by atoms with Gasteiger partial charge in [0.2, 0.25) is 5.88 Å². The van der Waals surface area contributed by atoms with Gasteiger partial charge in [-0.25, -0.2) is 9.50 Å². The molecule has 2 aromatic carbocycles. The Kier molecular flexibility index (Phi) is 4.19. The lowest BCUT2D eigenvalue weighted by Crippen LogP contribution is -1.97. The Hall–Kier alpha value is -3.11.